The quantitative estimate of drug-likeness (QED) is 0.354. The number of nitrogens with zero attached hydrogens (tertiary/aromatic N) is 1. The van der Waals surface area contributed by atoms with Gasteiger partial charge in [0.05, 0.1) is 17.1 Å². The fourth-order valence-corrected chi connectivity index (χ4v) is 2.92. The summed E-state index contributed by atoms with van der Waals surface area (Å²) >= 11 is 0. The summed E-state index contributed by atoms with van der Waals surface area (Å²) in [6.07, 6.45) is -1.11. The van der Waals surface area contributed by atoms with Crippen molar-refractivity contribution in [1.82, 2.24) is 0 Å². The number of esters is 1. The predicted molar refractivity (Wildman–Crippen MR) is 112 cm³/mol. The Labute approximate surface area is 172 Å². The lowest BCUT2D eigenvalue weighted by Gasteiger charge is -2.15. The number of nitrogens with one attached hydrogen (secondary N) is 1. The third-order valence-corrected chi connectivity index (χ3v) is 4.39. The van der Waals surface area contributed by atoms with E-state index in [0.717, 1.165) is 16.8 Å². The van der Waals surface area contributed by atoms with Gasteiger partial charge in [-0.05, 0) is 37.4 Å². The molecule has 0 aliphatic rings. The number of hydrogen-bond donors (Lipinski definition) is 1. The number of rotatable bonds is 7. The molecule has 1 amide bonds. The molecule has 0 bridgehead atoms. The fraction of sp³-hybridized carbons (Fsp3) is 0.182. The van der Waals surface area contributed by atoms with Crippen molar-refractivity contribution in [3.05, 3.63) is 76.3 Å². The van der Waals surface area contributed by atoms with Crippen LogP contribution in [0.1, 0.15) is 24.2 Å². The molecule has 0 saturated carbocycles. The number of nitro groups is 1. The van der Waals surface area contributed by atoms with Crippen molar-refractivity contribution in [2.24, 2.45) is 0 Å². The van der Waals surface area contributed by atoms with Crippen molar-refractivity contribution in [3.63, 3.8) is 0 Å². The smallest absolute Gasteiger partial charge is 0.339 e. The van der Waals surface area contributed by atoms with Gasteiger partial charge in [0.2, 0.25) is 0 Å². The first-order valence-corrected chi connectivity index (χ1v) is 9.31. The van der Waals surface area contributed by atoms with Gasteiger partial charge in [0.15, 0.2) is 11.9 Å². The minimum Gasteiger partial charge on any atom is -0.487 e. The van der Waals surface area contributed by atoms with Crippen molar-refractivity contribution >= 4 is 34.0 Å². The second kappa shape index (κ2) is 9.04. The molecule has 30 heavy (non-hydrogen) atoms. The molecule has 154 valence electrons. The Morgan fingerprint density at radius 3 is 2.57 bits per heavy atom. The minimum atomic E-state index is -1.11. The van der Waals surface area contributed by atoms with Crippen LogP contribution in [0.2, 0.25) is 0 Å². The molecule has 3 aromatic carbocycles. The van der Waals surface area contributed by atoms with Crippen LogP contribution >= 0.6 is 0 Å². The molecule has 3 rings (SSSR count). The second-order valence-corrected chi connectivity index (χ2v) is 6.44. The molecule has 0 saturated heterocycles. The monoisotopic (exact) mass is 408 g/mol. The Balaban J connectivity index is 1.73. The van der Waals surface area contributed by atoms with Gasteiger partial charge in [0.1, 0.15) is 0 Å². The van der Waals surface area contributed by atoms with Gasteiger partial charge in [-0.3, -0.25) is 14.9 Å². The fourth-order valence-electron chi connectivity index (χ4n) is 2.92. The summed E-state index contributed by atoms with van der Waals surface area (Å²) < 4.78 is 10.4. The predicted octanol–water partition coefficient (Wildman–Crippen LogP) is 4.33. The molecule has 1 N–H and O–H groups in total. The molecule has 0 aliphatic carbocycles. The molecular formula is C22H20N2O6. The van der Waals surface area contributed by atoms with Crippen LogP contribution in [0.4, 0.5) is 11.4 Å². The van der Waals surface area contributed by atoms with Crippen LogP contribution in [0.15, 0.2) is 60.7 Å². The average molecular weight is 408 g/mol. The van der Waals surface area contributed by atoms with Crippen LogP contribution in [-0.4, -0.2) is 29.5 Å². The van der Waals surface area contributed by atoms with E-state index >= 15 is 0 Å². The number of anilines is 1. The van der Waals surface area contributed by atoms with E-state index in [1.165, 1.54) is 19.1 Å². The van der Waals surface area contributed by atoms with E-state index in [1.807, 2.05) is 36.4 Å². The highest BCUT2D eigenvalue weighted by atomic mass is 16.6. The highest BCUT2D eigenvalue weighted by Gasteiger charge is 2.23. The maximum atomic E-state index is 12.5. The molecular weight excluding hydrogens is 388 g/mol. The summed E-state index contributed by atoms with van der Waals surface area (Å²) in [6.45, 7) is 3.37. The molecule has 0 unspecified atom stereocenters. The summed E-state index contributed by atoms with van der Waals surface area (Å²) in [5.74, 6) is -1.30. The van der Waals surface area contributed by atoms with Gasteiger partial charge >= 0.3 is 11.7 Å². The summed E-state index contributed by atoms with van der Waals surface area (Å²) in [7, 11) is 0. The van der Waals surface area contributed by atoms with Gasteiger partial charge in [0, 0.05) is 17.1 Å². The average Bonchev–Trinajstić information content (AvgIpc) is 2.74. The molecule has 0 fully saturated rings. The second-order valence-electron chi connectivity index (χ2n) is 6.44. The number of hydrogen-bond acceptors (Lipinski definition) is 6. The van der Waals surface area contributed by atoms with E-state index in [2.05, 4.69) is 5.32 Å². The number of ether oxygens (including phenoxy) is 2. The van der Waals surface area contributed by atoms with Gasteiger partial charge in [-0.15, -0.1) is 0 Å². The number of carbonyl (C=O) groups excluding carboxylic acids is 2. The zero-order valence-electron chi connectivity index (χ0n) is 16.5. The topological polar surface area (TPSA) is 108 Å². The lowest BCUT2D eigenvalue weighted by molar-refractivity contribution is -0.385. The van der Waals surface area contributed by atoms with Gasteiger partial charge in [-0.1, -0.05) is 36.4 Å². The maximum Gasteiger partial charge on any atom is 0.339 e. The molecule has 1 atom stereocenters. The van der Waals surface area contributed by atoms with Gasteiger partial charge in [0.25, 0.3) is 5.91 Å². The highest BCUT2D eigenvalue weighted by molar-refractivity contribution is 6.04. The Hall–Kier alpha value is -3.94. The van der Waals surface area contributed by atoms with Crippen LogP contribution < -0.4 is 10.1 Å². The summed E-state index contributed by atoms with van der Waals surface area (Å²) in [5, 5.41) is 15.8. The number of carbonyl (C=O) groups is 2. The lowest BCUT2D eigenvalue weighted by atomic mass is 10.1. The van der Waals surface area contributed by atoms with E-state index in [9.17, 15) is 19.7 Å². The third kappa shape index (κ3) is 4.54. The van der Waals surface area contributed by atoms with Crippen molar-refractivity contribution in [3.8, 4) is 5.75 Å². The molecule has 8 nitrogen and oxygen atoms in total. The van der Waals surface area contributed by atoms with E-state index in [-0.39, 0.29) is 23.6 Å². The Kier molecular flexibility index (Phi) is 6.26. The Morgan fingerprint density at radius 2 is 1.83 bits per heavy atom. The van der Waals surface area contributed by atoms with Crippen LogP contribution in [0.25, 0.3) is 10.8 Å². The zero-order chi connectivity index (χ0) is 21.7. The molecule has 0 aliphatic heterocycles. The van der Waals surface area contributed by atoms with Gasteiger partial charge < -0.3 is 14.8 Å². The summed E-state index contributed by atoms with van der Waals surface area (Å²) in [4.78, 5) is 35.5. The Bertz CT molecular complexity index is 1110. The Morgan fingerprint density at radius 1 is 1.10 bits per heavy atom. The van der Waals surface area contributed by atoms with Gasteiger partial charge in [-0.2, -0.15) is 0 Å². The molecule has 0 heterocycles. The molecule has 0 aromatic heterocycles. The number of nitro benzene ring substituents is 1. The number of benzene rings is 3. The van der Waals surface area contributed by atoms with Crippen molar-refractivity contribution in [2.75, 3.05) is 11.9 Å². The summed E-state index contributed by atoms with van der Waals surface area (Å²) in [6, 6.07) is 16.8. The zero-order valence-corrected chi connectivity index (χ0v) is 16.5. The minimum absolute atomic E-state index is 0.0463. The van der Waals surface area contributed by atoms with E-state index in [4.69, 9.17) is 9.47 Å². The first-order chi connectivity index (χ1) is 14.4. The highest BCUT2D eigenvalue weighted by Crippen LogP contribution is 2.28. The van der Waals surface area contributed by atoms with E-state index in [1.54, 1.807) is 13.0 Å². The van der Waals surface area contributed by atoms with Crippen LogP contribution in [-0.2, 0) is 9.53 Å². The number of amides is 1. The molecule has 0 spiro atoms. The van der Waals surface area contributed by atoms with Crippen LogP contribution in [0.5, 0.6) is 5.75 Å². The van der Waals surface area contributed by atoms with Crippen LogP contribution in [0.3, 0.4) is 0 Å². The lowest BCUT2D eigenvalue weighted by Crippen LogP contribution is -2.30. The van der Waals surface area contributed by atoms with E-state index in [0.29, 0.717) is 5.69 Å². The van der Waals surface area contributed by atoms with Gasteiger partial charge in [-0.25, -0.2) is 4.79 Å². The summed E-state index contributed by atoms with van der Waals surface area (Å²) in [5.41, 5.74) is 0.201. The molecule has 0 radical (unpaired) electrons. The first kappa shape index (κ1) is 20.8. The SMILES string of the molecule is CCOc1ccc(C(=O)O[C@@H](C)C(=O)Nc2cccc3ccccc23)cc1[N+](=O)[O-]. The molecule has 8 heteroatoms. The maximum absolute atomic E-state index is 12.5. The normalized spacial score (nSPS) is 11.5. The third-order valence-electron chi connectivity index (χ3n) is 4.39. The first-order valence-electron chi connectivity index (χ1n) is 9.31. The molecule has 3 aromatic rings. The van der Waals surface area contributed by atoms with Crippen molar-refractivity contribution < 1.29 is 24.0 Å². The van der Waals surface area contributed by atoms with E-state index < -0.39 is 22.9 Å². The standard InChI is InChI=1S/C22H20N2O6/c1-3-29-20-12-11-16(13-19(20)24(27)28)22(26)30-14(2)21(25)23-18-10-6-8-15-7-4-5-9-17(15)18/h4-14H,3H2,1-2H3,(H,23,25)/t14-/m0/s1. The van der Waals surface area contributed by atoms with Crippen LogP contribution in [0, 0.1) is 10.1 Å². The number of fused-ring (bicyclic) bond motifs is 1. The largest absolute Gasteiger partial charge is 0.487 e. The van der Waals surface area contributed by atoms with Crippen molar-refractivity contribution in [2.45, 2.75) is 20.0 Å². The van der Waals surface area contributed by atoms with Crippen molar-refractivity contribution in [1.29, 1.82) is 0 Å².